The van der Waals surface area contributed by atoms with Gasteiger partial charge in [-0.2, -0.15) is 0 Å². The number of amides is 2. The summed E-state index contributed by atoms with van der Waals surface area (Å²) in [5, 5.41) is 5.41. The molecule has 1 aromatic carbocycles. The largest absolute Gasteiger partial charge is 0.355 e. The van der Waals surface area contributed by atoms with Crippen molar-refractivity contribution in [2.24, 2.45) is 5.73 Å². The molecule has 0 atom stereocenters. The van der Waals surface area contributed by atoms with Crippen molar-refractivity contribution in [1.82, 2.24) is 5.32 Å². The van der Waals surface area contributed by atoms with E-state index in [-0.39, 0.29) is 11.8 Å². The molecule has 0 aliphatic heterocycles. The van der Waals surface area contributed by atoms with Gasteiger partial charge in [0.25, 0.3) is 5.91 Å². The maximum absolute atomic E-state index is 11.7. The molecule has 0 radical (unpaired) electrons. The van der Waals surface area contributed by atoms with Crippen LogP contribution in [0.5, 0.6) is 0 Å². The van der Waals surface area contributed by atoms with E-state index in [2.05, 4.69) is 10.6 Å². The summed E-state index contributed by atoms with van der Waals surface area (Å²) in [6.45, 7) is 2.47. The second-order valence-corrected chi connectivity index (χ2v) is 4.40. The Hall–Kier alpha value is -1.88. The minimum absolute atomic E-state index is 0.0238. The molecular formula is C14H21N3O2. The molecule has 5 nitrogen and oxygen atoms in total. The third kappa shape index (κ3) is 4.71. The lowest BCUT2D eigenvalue weighted by Gasteiger charge is -2.09. The van der Waals surface area contributed by atoms with E-state index in [0.29, 0.717) is 18.5 Å². The van der Waals surface area contributed by atoms with Crippen molar-refractivity contribution in [3.05, 3.63) is 29.3 Å². The number of nitrogens with one attached hydrogen (secondary N) is 2. The topological polar surface area (TPSA) is 84.2 Å². The number of anilines is 1. The Kier molecular flexibility index (Phi) is 6.02. The van der Waals surface area contributed by atoms with Crippen molar-refractivity contribution in [1.29, 1.82) is 0 Å². The first-order chi connectivity index (χ1) is 9.08. The Balaban J connectivity index is 2.64. The van der Waals surface area contributed by atoms with Crippen molar-refractivity contribution >= 4 is 17.5 Å². The normalized spacial score (nSPS) is 10.1. The Labute approximate surface area is 113 Å². The molecule has 0 aromatic heterocycles. The van der Waals surface area contributed by atoms with Crippen LogP contribution in [-0.2, 0) is 4.79 Å². The van der Waals surface area contributed by atoms with Crippen LogP contribution in [0.2, 0.25) is 0 Å². The van der Waals surface area contributed by atoms with E-state index in [1.54, 1.807) is 25.2 Å². The summed E-state index contributed by atoms with van der Waals surface area (Å²) < 4.78 is 0. The van der Waals surface area contributed by atoms with Gasteiger partial charge in [0, 0.05) is 24.7 Å². The molecule has 4 N–H and O–H groups in total. The standard InChI is InChI=1S/C14H21N3O2/c1-10-9-11(14(19)16-2)6-7-12(10)17-13(18)5-3-4-8-15/h6-7,9H,3-5,8,15H2,1-2H3,(H,16,19)(H,17,18). The second kappa shape index (κ2) is 7.53. The van der Waals surface area contributed by atoms with Crippen molar-refractivity contribution in [2.45, 2.75) is 26.2 Å². The molecule has 0 saturated heterocycles. The highest BCUT2D eigenvalue weighted by atomic mass is 16.2. The maximum Gasteiger partial charge on any atom is 0.251 e. The fourth-order valence-electron chi connectivity index (χ4n) is 1.73. The molecule has 0 unspecified atom stereocenters. The van der Waals surface area contributed by atoms with Crippen LogP contribution in [0.1, 0.15) is 35.2 Å². The third-order valence-electron chi connectivity index (χ3n) is 2.85. The predicted octanol–water partition coefficient (Wildman–Crippen LogP) is 1.42. The average molecular weight is 263 g/mol. The van der Waals surface area contributed by atoms with Crippen LogP contribution < -0.4 is 16.4 Å². The minimum atomic E-state index is -0.135. The average Bonchev–Trinajstić information content (AvgIpc) is 2.40. The predicted molar refractivity (Wildman–Crippen MR) is 76.1 cm³/mol. The van der Waals surface area contributed by atoms with Gasteiger partial charge in [0.15, 0.2) is 0 Å². The molecule has 0 bridgehead atoms. The number of unbranched alkanes of at least 4 members (excludes halogenated alkanes) is 1. The Morgan fingerprint density at radius 3 is 2.58 bits per heavy atom. The van der Waals surface area contributed by atoms with Crippen molar-refractivity contribution in [3.63, 3.8) is 0 Å². The fourth-order valence-corrected chi connectivity index (χ4v) is 1.73. The van der Waals surface area contributed by atoms with Crippen LogP contribution in [0.4, 0.5) is 5.69 Å². The van der Waals surface area contributed by atoms with Gasteiger partial charge in [-0.25, -0.2) is 0 Å². The van der Waals surface area contributed by atoms with Crippen molar-refractivity contribution < 1.29 is 9.59 Å². The molecule has 5 heteroatoms. The van der Waals surface area contributed by atoms with Gasteiger partial charge in [0.05, 0.1) is 0 Å². The minimum Gasteiger partial charge on any atom is -0.355 e. The zero-order chi connectivity index (χ0) is 14.3. The van der Waals surface area contributed by atoms with Gasteiger partial charge < -0.3 is 16.4 Å². The van der Waals surface area contributed by atoms with E-state index in [1.165, 1.54) is 0 Å². The van der Waals surface area contributed by atoms with Gasteiger partial charge in [-0.3, -0.25) is 9.59 Å². The molecule has 0 heterocycles. The van der Waals surface area contributed by atoms with Crippen LogP contribution in [0.3, 0.4) is 0 Å². The molecule has 0 aliphatic rings. The number of hydrogen-bond acceptors (Lipinski definition) is 3. The summed E-state index contributed by atoms with van der Waals surface area (Å²) in [7, 11) is 1.59. The quantitative estimate of drug-likeness (QED) is 0.679. The van der Waals surface area contributed by atoms with Crippen molar-refractivity contribution in [3.8, 4) is 0 Å². The molecule has 0 aliphatic carbocycles. The lowest BCUT2D eigenvalue weighted by Crippen LogP contribution is -2.18. The molecule has 0 saturated carbocycles. The highest BCUT2D eigenvalue weighted by Crippen LogP contribution is 2.17. The summed E-state index contributed by atoms with van der Waals surface area (Å²) in [6.07, 6.45) is 2.10. The second-order valence-electron chi connectivity index (χ2n) is 4.40. The number of carbonyl (C=O) groups is 2. The Morgan fingerprint density at radius 2 is 2.00 bits per heavy atom. The number of rotatable bonds is 6. The Bertz CT molecular complexity index is 458. The molecule has 104 valence electrons. The van der Waals surface area contributed by atoms with Gasteiger partial charge in [0.1, 0.15) is 0 Å². The molecular weight excluding hydrogens is 242 g/mol. The SMILES string of the molecule is CNC(=O)c1ccc(NC(=O)CCCCN)c(C)c1. The molecule has 19 heavy (non-hydrogen) atoms. The van der Waals surface area contributed by atoms with Crippen LogP contribution in [-0.4, -0.2) is 25.4 Å². The van der Waals surface area contributed by atoms with Gasteiger partial charge in [-0.05, 0) is 50.1 Å². The number of nitrogens with two attached hydrogens (primary N) is 1. The number of carbonyl (C=O) groups excluding carboxylic acids is 2. The zero-order valence-corrected chi connectivity index (χ0v) is 11.5. The molecule has 0 fully saturated rings. The van der Waals surface area contributed by atoms with E-state index >= 15 is 0 Å². The highest BCUT2D eigenvalue weighted by Gasteiger charge is 2.08. The van der Waals surface area contributed by atoms with Crippen LogP contribution >= 0.6 is 0 Å². The molecule has 2 amide bonds. The summed E-state index contributed by atoms with van der Waals surface area (Å²) >= 11 is 0. The lowest BCUT2D eigenvalue weighted by molar-refractivity contribution is -0.116. The fraction of sp³-hybridized carbons (Fsp3) is 0.429. The smallest absolute Gasteiger partial charge is 0.251 e. The van der Waals surface area contributed by atoms with Gasteiger partial charge >= 0.3 is 0 Å². The summed E-state index contributed by atoms with van der Waals surface area (Å²) in [5.74, 6) is -0.159. The summed E-state index contributed by atoms with van der Waals surface area (Å²) in [5.41, 5.74) is 7.57. The first-order valence-electron chi connectivity index (χ1n) is 6.41. The van der Waals surface area contributed by atoms with Gasteiger partial charge in [-0.15, -0.1) is 0 Å². The monoisotopic (exact) mass is 263 g/mol. The van der Waals surface area contributed by atoms with E-state index in [1.807, 2.05) is 6.92 Å². The number of benzene rings is 1. The van der Waals surface area contributed by atoms with E-state index in [9.17, 15) is 9.59 Å². The third-order valence-corrected chi connectivity index (χ3v) is 2.85. The molecule has 0 spiro atoms. The van der Waals surface area contributed by atoms with Gasteiger partial charge in [-0.1, -0.05) is 0 Å². The molecule has 1 aromatic rings. The number of aryl methyl sites for hydroxylation is 1. The summed E-state index contributed by atoms with van der Waals surface area (Å²) in [4.78, 5) is 23.1. The van der Waals surface area contributed by atoms with Crippen LogP contribution in [0.25, 0.3) is 0 Å². The summed E-state index contributed by atoms with van der Waals surface area (Å²) in [6, 6.07) is 5.20. The van der Waals surface area contributed by atoms with Crippen LogP contribution in [0, 0.1) is 6.92 Å². The van der Waals surface area contributed by atoms with E-state index < -0.39 is 0 Å². The number of hydrogen-bond donors (Lipinski definition) is 3. The Morgan fingerprint density at radius 1 is 1.26 bits per heavy atom. The van der Waals surface area contributed by atoms with Crippen molar-refractivity contribution in [2.75, 3.05) is 18.9 Å². The zero-order valence-electron chi connectivity index (χ0n) is 11.5. The lowest BCUT2D eigenvalue weighted by atomic mass is 10.1. The van der Waals surface area contributed by atoms with E-state index in [0.717, 1.165) is 24.1 Å². The highest BCUT2D eigenvalue weighted by molar-refractivity contribution is 5.96. The van der Waals surface area contributed by atoms with Crippen LogP contribution in [0.15, 0.2) is 18.2 Å². The first-order valence-corrected chi connectivity index (χ1v) is 6.41. The first kappa shape index (κ1) is 15.2. The van der Waals surface area contributed by atoms with E-state index in [4.69, 9.17) is 5.73 Å². The molecule has 1 rings (SSSR count). The maximum atomic E-state index is 11.7. The van der Waals surface area contributed by atoms with Gasteiger partial charge in [0.2, 0.25) is 5.91 Å².